The standard InChI is InChI=1S/C12H15N/c1-2-11-8-9-12(13-11)10-6-4-3-5-7-10/h2-7,11-13H,1,8-9H2/t11-,12-/m1/s1. The van der Waals surface area contributed by atoms with Crippen LogP contribution in [0.5, 0.6) is 0 Å². The summed E-state index contributed by atoms with van der Waals surface area (Å²) in [6, 6.07) is 11.7. The van der Waals surface area contributed by atoms with Crippen molar-refractivity contribution in [2.75, 3.05) is 0 Å². The van der Waals surface area contributed by atoms with Crippen molar-refractivity contribution in [2.24, 2.45) is 0 Å². The van der Waals surface area contributed by atoms with Gasteiger partial charge in [-0.25, -0.2) is 0 Å². The summed E-state index contributed by atoms with van der Waals surface area (Å²) in [5.41, 5.74) is 1.40. The van der Waals surface area contributed by atoms with Gasteiger partial charge >= 0.3 is 0 Å². The van der Waals surface area contributed by atoms with Gasteiger partial charge in [-0.3, -0.25) is 0 Å². The Morgan fingerprint density at radius 2 is 2.00 bits per heavy atom. The zero-order valence-electron chi connectivity index (χ0n) is 7.74. The molecule has 1 aliphatic heterocycles. The highest BCUT2D eigenvalue weighted by atomic mass is 15.0. The van der Waals surface area contributed by atoms with Crippen LogP contribution in [-0.4, -0.2) is 6.04 Å². The van der Waals surface area contributed by atoms with Gasteiger partial charge in [-0.15, -0.1) is 6.58 Å². The Hall–Kier alpha value is -1.08. The molecule has 0 aliphatic carbocycles. The van der Waals surface area contributed by atoms with Gasteiger partial charge in [-0.1, -0.05) is 36.4 Å². The minimum Gasteiger partial charge on any atom is -0.304 e. The number of hydrogen-bond donors (Lipinski definition) is 1. The van der Waals surface area contributed by atoms with Crippen LogP contribution in [0.2, 0.25) is 0 Å². The average Bonchev–Trinajstić information content (AvgIpc) is 2.67. The van der Waals surface area contributed by atoms with Crippen molar-refractivity contribution in [1.29, 1.82) is 0 Å². The van der Waals surface area contributed by atoms with E-state index < -0.39 is 0 Å². The monoisotopic (exact) mass is 173 g/mol. The van der Waals surface area contributed by atoms with Crippen LogP contribution < -0.4 is 5.32 Å². The SMILES string of the molecule is C=C[C@@H]1CC[C@H](c2ccccc2)N1. The van der Waals surface area contributed by atoms with E-state index in [1.165, 1.54) is 18.4 Å². The summed E-state index contributed by atoms with van der Waals surface area (Å²) < 4.78 is 0. The molecule has 1 aliphatic rings. The van der Waals surface area contributed by atoms with Crippen LogP contribution in [0.3, 0.4) is 0 Å². The average molecular weight is 173 g/mol. The Morgan fingerprint density at radius 3 is 2.62 bits per heavy atom. The van der Waals surface area contributed by atoms with Gasteiger partial charge < -0.3 is 5.32 Å². The van der Waals surface area contributed by atoms with E-state index in [4.69, 9.17) is 0 Å². The second kappa shape index (κ2) is 3.75. The molecule has 1 nitrogen and oxygen atoms in total. The van der Waals surface area contributed by atoms with E-state index in [-0.39, 0.29) is 0 Å². The molecule has 13 heavy (non-hydrogen) atoms. The van der Waals surface area contributed by atoms with E-state index >= 15 is 0 Å². The fraction of sp³-hybridized carbons (Fsp3) is 0.333. The molecule has 0 radical (unpaired) electrons. The molecular weight excluding hydrogens is 158 g/mol. The lowest BCUT2D eigenvalue weighted by molar-refractivity contribution is 0.613. The largest absolute Gasteiger partial charge is 0.304 e. The molecular formula is C12H15N. The lowest BCUT2D eigenvalue weighted by atomic mass is 10.1. The van der Waals surface area contributed by atoms with Gasteiger partial charge in [0.2, 0.25) is 0 Å². The third kappa shape index (κ3) is 1.81. The molecule has 2 rings (SSSR count). The molecule has 1 N–H and O–H groups in total. The van der Waals surface area contributed by atoms with E-state index in [9.17, 15) is 0 Å². The van der Waals surface area contributed by atoms with Crippen LogP contribution in [0, 0.1) is 0 Å². The highest BCUT2D eigenvalue weighted by Crippen LogP contribution is 2.26. The van der Waals surface area contributed by atoms with Crippen molar-refractivity contribution in [2.45, 2.75) is 24.9 Å². The normalized spacial score (nSPS) is 27.4. The Labute approximate surface area is 79.5 Å². The first kappa shape index (κ1) is 8.52. The molecule has 1 saturated heterocycles. The van der Waals surface area contributed by atoms with E-state index in [0.717, 1.165) is 0 Å². The maximum Gasteiger partial charge on any atom is 0.0326 e. The van der Waals surface area contributed by atoms with Crippen LogP contribution in [-0.2, 0) is 0 Å². The fourth-order valence-electron chi connectivity index (χ4n) is 1.91. The van der Waals surface area contributed by atoms with E-state index in [1.54, 1.807) is 0 Å². The predicted molar refractivity (Wildman–Crippen MR) is 55.5 cm³/mol. The van der Waals surface area contributed by atoms with Crippen molar-refractivity contribution >= 4 is 0 Å². The molecule has 1 aromatic rings. The Kier molecular flexibility index (Phi) is 2.46. The summed E-state index contributed by atoms with van der Waals surface area (Å²) in [5.74, 6) is 0. The Bertz CT molecular complexity index is 278. The maximum absolute atomic E-state index is 3.81. The molecule has 0 unspecified atom stereocenters. The first-order valence-corrected chi connectivity index (χ1v) is 4.83. The predicted octanol–water partition coefficient (Wildman–Crippen LogP) is 2.67. The summed E-state index contributed by atoms with van der Waals surface area (Å²) in [4.78, 5) is 0. The minimum absolute atomic E-state index is 0.505. The highest BCUT2D eigenvalue weighted by molar-refractivity contribution is 5.20. The molecule has 0 spiro atoms. The lowest BCUT2D eigenvalue weighted by Gasteiger charge is -2.11. The quantitative estimate of drug-likeness (QED) is 0.678. The third-order valence-electron chi connectivity index (χ3n) is 2.67. The molecule has 0 saturated carbocycles. The molecule has 0 bridgehead atoms. The van der Waals surface area contributed by atoms with E-state index in [2.05, 4.69) is 42.2 Å². The lowest BCUT2D eigenvalue weighted by Crippen LogP contribution is -2.21. The van der Waals surface area contributed by atoms with Gasteiger partial charge in [0.1, 0.15) is 0 Å². The number of benzene rings is 1. The molecule has 0 amide bonds. The molecule has 1 fully saturated rings. The third-order valence-corrected chi connectivity index (χ3v) is 2.67. The summed E-state index contributed by atoms with van der Waals surface area (Å²) >= 11 is 0. The summed E-state index contributed by atoms with van der Waals surface area (Å²) in [7, 11) is 0. The zero-order chi connectivity index (χ0) is 9.10. The molecule has 68 valence electrons. The second-order valence-corrected chi connectivity index (χ2v) is 3.55. The van der Waals surface area contributed by atoms with Gasteiger partial charge in [-0.05, 0) is 18.4 Å². The molecule has 0 aromatic heterocycles. The van der Waals surface area contributed by atoms with Crippen LogP contribution in [0.4, 0.5) is 0 Å². The van der Waals surface area contributed by atoms with Crippen molar-refractivity contribution in [1.82, 2.24) is 5.32 Å². The van der Waals surface area contributed by atoms with Crippen LogP contribution >= 0.6 is 0 Å². The van der Waals surface area contributed by atoms with Crippen LogP contribution in [0.15, 0.2) is 43.0 Å². The number of nitrogens with one attached hydrogen (secondary N) is 1. The smallest absolute Gasteiger partial charge is 0.0326 e. The van der Waals surface area contributed by atoms with Gasteiger partial charge in [-0.2, -0.15) is 0 Å². The molecule has 1 aromatic carbocycles. The van der Waals surface area contributed by atoms with Gasteiger partial charge in [0.25, 0.3) is 0 Å². The first-order valence-electron chi connectivity index (χ1n) is 4.83. The molecule has 1 heterocycles. The van der Waals surface area contributed by atoms with E-state index in [0.29, 0.717) is 12.1 Å². The van der Waals surface area contributed by atoms with Crippen molar-refractivity contribution in [3.05, 3.63) is 48.6 Å². The van der Waals surface area contributed by atoms with Crippen LogP contribution in [0.25, 0.3) is 0 Å². The van der Waals surface area contributed by atoms with Crippen molar-refractivity contribution < 1.29 is 0 Å². The number of rotatable bonds is 2. The number of hydrogen-bond acceptors (Lipinski definition) is 1. The topological polar surface area (TPSA) is 12.0 Å². The second-order valence-electron chi connectivity index (χ2n) is 3.55. The summed E-state index contributed by atoms with van der Waals surface area (Å²) in [6.07, 6.45) is 4.44. The highest BCUT2D eigenvalue weighted by Gasteiger charge is 2.21. The van der Waals surface area contributed by atoms with Gasteiger partial charge in [0.15, 0.2) is 0 Å². The molecule has 1 heteroatoms. The molecule has 2 atom stereocenters. The van der Waals surface area contributed by atoms with Crippen molar-refractivity contribution in [3.8, 4) is 0 Å². The van der Waals surface area contributed by atoms with Crippen molar-refractivity contribution in [3.63, 3.8) is 0 Å². The van der Waals surface area contributed by atoms with Gasteiger partial charge in [0.05, 0.1) is 0 Å². The zero-order valence-corrected chi connectivity index (χ0v) is 7.74. The Morgan fingerprint density at radius 1 is 1.23 bits per heavy atom. The van der Waals surface area contributed by atoms with Crippen LogP contribution in [0.1, 0.15) is 24.4 Å². The maximum atomic E-state index is 3.81. The summed E-state index contributed by atoms with van der Waals surface area (Å²) in [5, 5.41) is 3.54. The van der Waals surface area contributed by atoms with Gasteiger partial charge in [0, 0.05) is 12.1 Å². The summed E-state index contributed by atoms with van der Waals surface area (Å²) in [6.45, 7) is 3.81. The fourth-order valence-corrected chi connectivity index (χ4v) is 1.91. The minimum atomic E-state index is 0.505. The Balaban J connectivity index is 2.08. The first-order chi connectivity index (χ1) is 6.40. The van der Waals surface area contributed by atoms with E-state index in [1.807, 2.05) is 6.08 Å².